The van der Waals surface area contributed by atoms with Crippen LogP contribution >= 0.6 is 0 Å². The smallest absolute Gasteiger partial charge is 0.240 e. The number of carbonyl (C=O) groups is 2. The number of ether oxygens (including phenoxy) is 3. The summed E-state index contributed by atoms with van der Waals surface area (Å²) in [5.74, 6) is 1.37. The third-order valence-corrected chi connectivity index (χ3v) is 6.66. The normalized spacial score (nSPS) is 13.5. The predicted molar refractivity (Wildman–Crippen MR) is 144 cm³/mol. The number of methoxy groups -OCH3 is 2. The highest BCUT2D eigenvalue weighted by Gasteiger charge is 2.56. The summed E-state index contributed by atoms with van der Waals surface area (Å²) in [4.78, 5) is 34.9. The number of aromatic nitrogens is 2. The first-order valence-electron chi connectivity index (χ1n) is 12.2. The second-order valence-corrected chi connectivity index (χ2v) is 9.27. The number of rotatable bonds is 8. The molecule has 1 saturated carbocycles. The van der Waals surface area contributed by atoms with E-state index in [9.17, 15) is 9.59 Å². The summed E-state index contributed by atoms with van der Waals surface area (Å²) >= 11 is 0. The highest BCUT2D eigenvalue weighted by Crippen LogP contribution is 2.47. The molecule has 0 spiro atoms. The lowest BCUT2D eigenvalue weighted by atomic mass is 10.0. The summed E-state index contributed by atoms with van der Waals surface area (Å²) in [6.07, 6.45) is 2.63. The monoisotopic (exact) mass is 512 g/mol. The van der Waals surface area contributed by atoms with Crippen LogP contribution < -0.4 is 24.8 Å². The maximum Gasteiger partial charge on any atom is 0.240 e. The van der Waals surface area contributed by atoms with Gasteiger partial charge in [0.2, 0.25) is 17.7 Å². The molecule has 4 aromatic rings. The van der Waals surface area contributed by atoms with E-state index in [-0.39, 0.29) is 11.8 Å². The third kappa shape index (κ3) is 4.82. The molecular weight excluding hydrogens is 484 g/mol. The molecule has 0 saturated heterocycles. The van der Waals surface area contributed by atoms with Crippen LogP contribution in [0, 0.1) is 19.3 Å². The van der Waals surface area contributed by atoms with Gasteiger partial charge in [-0.05, 0) is 57.0 Å². The largest absolute Gasteiger partial charge is 0.493 e. The van der Waals surface area contributed by atoms with E-state index in [1.165, 1.54) is 0 Å². The zero-order chi connectivity index (χ0) is 26.9. The minimum atomic E-state index is -1.08. The molecule has 0 atom stereocenters. The number of nitrogens with zero attached hydrogens (tertiary/aromatic N) is 2. The Hall–Kier alpha value is -4.66. The molecule has 9 heteroatoms. The Morgan fingerprint density at radius 1 is 0.842 bits per heavy atom. The molecule has 2 amide bonds. The van der Waals surface area contributed by atoms with Gasteiger partial charge in [-0.3, -0.25) is 14.6 Å². The topological polar surface area (TPSA) is 112 Å². The van der Waals surface area contributed by atoms with Crippen LogP contribution in [0.2, 0.25) is 0 Å². The first-order chi connectivity index (χ1) is 18.3. The standard InChI is InChI=1S/C29H28N4O5/c1-17-5-7-19(8-6-17)32-27(34)29(12-13-29)28(35)33-21-9-10-26(31-18(21)2)38-23-11-14-30-22-16-25(37-4)24(36-3)15-20(22)23/h5-11,14-16H,12-13H2,1-4H3,(H,32,34)(H,33,35). The molecule has 2 aromatic heterocycles. The fraction of sp³-hybridized carbons (Fsp3) is 0.241. The highest BCUT2D eigenvalue weighted by atomic mass is 16.5. The molecule has 5 rings (SSSR count). The van der Waals surface area contributed by atoms with Gasteiger partial charge in [0.1, 0.15) is 11.2 Å². The van der Waals surface area contributed by atoms with Crippen LogP contribution in [0.3, 0.4) is 0 Å². The molecule has 1 fully saturated rings. The summed E-state index contributed by atoms with van der Waals surface area (Å²) < 4.78 is 16.9. The zero-order valence-electron chi connectivity index (χ0n) is 21.6. The van der Waals surface area contributed by atoms with Crippen LogP contribution in [0.4, 0.5) is 11.4 Å². The number of carbonyl (C=O) groups excluding carboxylic acids is 2. The average molecular weight is 513 g/mol. The third-order valence-electron chi connectivity index (χ3n) is 6.66. The van der Waals surface area contributed by atoms with Gasteiger partial charge in [-0.1, -0.05) is 17.7 Å². The number of amides is 2. The van der Waals surface area contributed by atoms with Crippen molar-refractivity contribution in [1.82, 2.24) is 9.97 Å². The van der Waals surface area contributed by atoms with Gasteiger partial charge < -0.3 is 24.8 Å². The van der Waals surface area contributed by atoms with Gasteiger partial charge in [-0.15, -0.1) is 0 Å². The first-order valence-corrected chi connectivity index (χ1v) is 12.2. The molecule has 38 heavy (non-hydrogen) atoms. The number of anilines is 2. The molecule has 1 aliphatic rings. The van der Waals surface area contributed by atoms with Crippen molar-refractivity contribution in [3.63, 3.8) is 0 Å². The van der Waals surface area contributed by atoms with E-state index in [2.05, 4.69) is 20.6 Å². The van der Waals surface area contributed by atoms with E-state index in [1.807, 2.05) is 31.2 Å². The van der Waals surface area contributed by atoms with Gasteiger partial charge in [0.15, 0.2) is 11.5 Å². The second-order valence-electron chi connectivity index (χ2n) is 9.27. The van der Waals surface area contributed by atoms with E-state index in [0.29, 0.717) is 58.6 Å². The Kier molecular flexibility index (Phi) is 6.59. The predicted octanol–water partition coefficient (Wildman–Crippen LogP) is 5.41. The van der Waals surface area contributed by atoms with Gasteiger partial charge >= 0.3 is 0 Å². The number of aryl methyl sites for hydroxylation is 2. The van der Waals surface area contributed by atoms with Gasteiger partial charge in [0, 0.05) is 29.4 Å². The molecule has 2 heterocycles. The fourth-order valence-electron chi connectivity index (χ4n) is 4.19. The van der Waals surface area contributed by atoms with Gasteiger partial charge in [-0.25, -0.2) is 4.98 Å². The Bertz CT molecular complexity index is 1530. The molecule has 0 radical (unpaired) electrons. The number of nitrogens with one attached hydrogen (secondary N) is 2. The number of hydrogen-bond donors (Lipinski definition) is 2. The van der Waals surface area contributed by atoms with E-state index < -0.39 is 5.41 Å². The van der Waals surface area contributed by atoms with Gasteiger partial charge in [0.25, 0.3) is 0 Å². The Balaban J connectivity index is 1.31. The molecule has 2 N–H and O–H groups in total. The van der Waals surface area contributed by atoms with E-state index in [0.717, 1.165) is 10.9 Å². The summed E-state index contributed by atoms with van der Waals surface area (Å²) in [6.45, 7) is 3.74. The molecule has 1 aliphatic carbocycles. The van der Waals surface area contributed by atoms with Crippen molar-refractivity contribution in [1.29, 1.82) is 0 Å². The maximum atomic E-state index is 13.1. The summed E-state index contributed by atoms with van der Waals surface area (Å²) in [5.41, 5.74) is 2.43. The van der Waals surface area contributed by atoms with Crippen molar-refractivity contribution in [3.05, 3.63) is 72.1 Å². The summed E-state index contributed by atoms with van der Waals surface area (Å²) in [7, 11) is 3.13. The number of benzene rings is 2. The number of pyridine rings is 2. The molecular formula is C29H28N4O5. The highest BCUT2D eigenvalue weighted by molar-refractivity contribution is 6.17. The zero-order valence-corrected chi connectivity index (χ0v) is 21.6. The van der Waals surface area contributed by atoms with Crippen molar-refractivity contribution < 1.29 is 23.8 Å². The summed E-state index contributed by atoms with van der Waals surface area (Å²) in [6, 6.07) is 16.2. The van der Waals surface area contributed by atoms with Gasteiger partial charge in [-0.2, -0.15) is 0 Å². The molecule has 2 aromatic carbocycles. The van der Waals surface area contributed by atoms with Crippen LogP contribution in [0.5, 0.6) is 23.1 Å². The van der Waals surface area contributed by atoms with Crippen LogP contribution in [0.25, 0.3) is 10.9 Å². The van der Waals surface area contributed by atoms with Crippen LogP contribution in [0.15, 0.2) is 60.8 Å². The van der Waals surface area contributed by atoms with Crippen LogP contribution in [0.1, 0.15) is 24.1 Å². The van der Waals surface area contributed by atoms with Crippen molar-refractivity contribution in [2.45, 2.75) is 26.7 Å². The Morgan fingerprint density at radius 3 is 2.18 bits per heavy atom. The lowest BCUT2D eigenvalue weighted by Gasteiger charge is -2.17. The van der Waals surface area contributed by atoms with Crippen LogP contribution in [-0.2, 0) is 9.59 Å². The summed E-state index contributed by atoms with van der Waals surface area (Å²) in [5, 5.41) is 6.47. The van der Waals surface area contributed by atoms with Crippen molar-refractivity contribution >= 4 is 34.1 Å². The average Bonchev–Trinajstić information content (AvgIpc) is 3.73. The lowest BCUT2D eigenvalue weighted by Crippen LogP contribution is -2.35. The first kappa shape index (κ1) is 25.0. The second kappa shape index (κ2) is 10.0. The fourth-order valence-corrected chi connectivity index (χ4v) is 4.19. The molecule has 0 bridgehead atoms. The number of hydrogen-bond acceptors (Lipinski definition) is 7. The van der Waals surface area contributed by atoms with Crippen molar-refractivity contribution in [2.24, 2.45) is 5.41 Å². The Labute approximate surface area is 220 Å². The maximum absolute atomic E-state index is 13.1. The SMILES string of the molecule is COc1cc2nccc(Oc3ccc(NC(=O)C4(C(=O)Nc5ccc(C)cc5)CC4)c(C)n3)c2cc1OC. The molecule has 194 valence electrons. The van der Waals surface area contributed by atoms with E-state index in [1.54, 1.807) is 57.7 Å². The Morgan fingerprint density at radius 2 is 1.53 bits per heavy atom. The van der Waals surface area contributed by atoms with Gasteiger partial charge in [0.05, 0.1) is 31.1 Å². The molecule has 0 aliphatic heterocycles. The molecule has 9 nitrogen and oxygen atoms in total. The van der Waals surface area contributed by atoms with Crippen molar-refractivity contribution in [2.75, 3.05) is 24.9 Å². The van der Waals surface area contributed by atoms with E-state index >= 15 is 0 Å². The molecule has 0 unspecified atom stereocenters. The van der Waals surface area contributed by atoms with Crippen molar-refractivity contribution in [3.8, 4) is 23.1 Å². The quantitative estimate of drug-likeness (QED) is 0.304. The minimum Gasteiger partial charge on any atom is -0.493 e. The minimum absolute atomic E-state index is 0.305. The lowest BCUT2D eigenvalue weighted by molar-refractivity contribution is -0.131. The van der Waals surface area contributed by atoms with E-state index in [4.69, 9.17) is 14.2 Å². The van der Waals surface area contributed by atoms with Crippen LogP contribution in [-0.4, -0.2) is 36.0 Å². The number of fused-ring (bicyclic) bond motifs is 1.